The molecule has 2 atom stereocenters. The number of hydrogen-bond donors (Lipinski definition) is 2. The van der Waals surface area contributed by atoms with Gasteiger partial charge in [-0.25, -0.2) is 0 Å². The van der Waals surface area contributed by atoms with Crippen molar-refractivity contribution in [3.05, 3.63) is 17.7 Å². The Morgan fingerprint density at radius 2 is 1.83 bits per heavy atom. The second-order valence-electron chi connectivity index (χ2n) is 5.80. The van der Waals surface area contributed by atoms with Crippen LogP contribution < -0.4 is 24.8 Å². The third kappa shape index (κ3) is 4.92. The third-order valence-electron chi connectivity index (χ3n) is 4.25. The first kappa shape index (κ1) is 20.4. The van der Waals surface area contributed by atoms with E-state index in [-0.39, 0.29) is 24.2 Å². The van der Waals surface area contributed by atoms with Gasteiger partial charge in [0, 0.05) is 24.1 Å². The van der Waals surface area contributed by atoms with E-state index in [0.717, 1.165) is 24.9 Å². The minimum absolute atomic E-state index is 0. The number of halogens is 1. The van der Waals surface area contributed by atoms with E-state index in [1.54, 1.807) is 33.5 Å². The molecule has 1 saturated heterocycles. The fraction of sp³-hybridized carbons (Fsp3) is 0.588. The minimum Gasteiger partial charge on any atom is -0.496 e. The molecule has 7 heteroatoms. The molecule has 0 spiro atoms. The largest absolute Gasteiger partial charge is 0.496 e. The van der Waals surface area contributed by atoms with Gasteiger partial charge in [-0.3, -0.25) is 4.79 Å². The first-order valence-electron chi connectivity index (χ1n) is 7.89. The Kier molecular flexibility index (Phi) is 8.15. The summed E-state index contributed by atoms with van der Waals surface area (Å²) in [6.45, 7) is 3.36. The second kappa shape index (κ2) is 9.59. The van der Waals surface area contributed by atoms with Gasteiger partial charge in [0.15, 0.2) is 0 Å². The molecular weight excluding hydrogens is 332 g/mol. The smallest absolute Gasteiger partial charge is 0.223 e. The molecule has 2 rings (SSSR count). The van der Waals surface area contributed by atoms with Crippen molar-refractivity contribution in [2.45, 2.75) is 32.4 Å². The van der Waals surface area contributed by atoms with Crippen molar-refractivity contribution in [3.63, 3.8) is 0 Å². The van der Waals surface area contributed by atoms with Crippen LogP contribution in [0.5, 0.6) is 17.2 Å². The van der Waals surface area contributed by atoms with Crippen molar-refractivity contribution < 1.29 is 19.0 Å². The van der Waals surface area contributed by atoms with Crippen LogP contribution in [0.1, 0.15) is 25.3 Å². The molecule has 6 nitrogen and oxygen atoms in total. The molecule has 0 aliphatic carbocycles. The molecule has 0 aromatic heterocycles. The van der Waals surface area contributed by atoms with Crippen LogP contribution in [-0.4, -0.2) is 39.8 Å². The molecule has 0 saturated carbocycles. The molecule has 1 aromatic rings. The topological polar surface area (TPSA) is 68.8 Å². The molecule has 1 amide bonds. The number of benzene rings is 1. The van der Waals surface area contributed by atoms with Crippen LogP contribution in [-0.2, 0) is 11.3 Å². The van der Waals surface area contributed by atoms with Gasteiger partial charge in [-0.15, -0.1) is 12.4 Å². The van der Waals surface area contributed by atoms with Crippen LogP contribution in [0, 0.1) is 5.92 Å². The number of methoxy groups -OCH3 is 3. The predicted molar refractivity (Wildman–Crippen MR) is 95.4 cm³/mol. The Balaban J connectivity index is 0.00000288. The minimum atomic E-state index is 0. The normalized spacial score (nSPS) is 19.8. The number of carbonyl (C=O) groups excluding carboxylic acids is 1. The molecule has 2 N–H and O–H groups in total. The average molecular weight is 359 g/mol. The maximum absolute atomic E-state index is 12.4. The summed E-state index contributed by atoms with van der Waals surface area (Å²) in [6.07, 6.45) is 1.73. The van der Waals surface area contributed by atoms with E-state index >= 15 is 0 Å². The first-order valence-corrected chi connectivity index (χ1v) is 7.89. The van der Waals surface area contributed by atoms with Gasteiger partial charge in [0.05, 0.1) is 33.4 Å². The molecule has 0 radical (unpaired) electrons. The van der Waals surface area contributed by atoms with Gasteiger partial charge in [-0.1, -0.05) is 0 Å². The van der Waals surface area contributed by atoms with Crippen molar-refractivity contribution in [1.29, 1.82) is 0 Å². The summed E-state index contributed by atoms with van der Waals surface area (Å²) in [6, 6.07) is 3.96. The number of piperidine rings is 1. The lowest BCUT2D eigenvalue weighted by molar-refractivity contribution is -0.126. The summed E-state index contributed by atoms with van der Waals surface area (Å²) in [4.78, 5) is 12.4. The highest BCUT2D eigenvalue weighted by molar-refractivity contribution is 5.85. The number of amides is 1. The highest BCUT2D eigenvalue weighted by Gasteiger charge is 2.25. The van der Waals surface area contributed by atoms with Gasteiger partial charge in [-0.05, 0) is 26.3 Å². The molecule has 0 unspecified atom stereocenters. The van der Waals surface area contributed by atoms with Crippen molar-refractivity contribution in [3.8, 4) is 17.2 Å². The molecular formula is C17H27ClN2O4. The molecule has 136 valence electrons. The molecule has 1 aliphatic heterocycles. The van der Waals surface area contributed by atoms with Gasteiger partial charge in [0.1, 0.15) is 17.2 Å². The summed E-state index contributed by atoms with van der Waals surface area (Å²) < 4.78 is 16.0. The van der Waals surface area contributed by atoms with Crippen LogP contribution in [0.25, 0.3) is 0 Å². The van der Waals surface area contributed by atoms with Crippen molar-refractivity contribution >= 4 is 18.3 Å². The van der Waals surface area contributed by atoms with E-state index in [0.29, 0.717) is 29.8 Å². The fourth-order valence-electron chi connectivity index (χ4n) is 2.94. The fourth-order valence-corrected chi connectivity index (χ4v) is 2.94. The predicted octanol–water partition coefficient (Wildman–Crippen LogP) is 2.14. The van der Waals surface area contributed by atoms with E-state index in [9.17, 15) is 4.79 Å². The summed E-state index contributed by atoms with van der Waals surface area (Å²) in [5.41, 5.74) is 0.811. The number of rotatable bonds is 6. The highest BCUT2D eigenvalue weighted by atomic mass is 35.5. The lowest BCUT2D eigenvalue weighted by Gasteiger charge is -2.27. The Morgan fingerprint density at radius 1 is 1.21 bits per heavy atom. The standard InChI is InChI=1S/C17H26N2O4.ClH/c1-11-7-12(5-6-18-11)17(20)19-10-14-15(22-3)8-13(21-2)9-16(14)23-4;/h8-9,11-12,18H,5-7,10H2,1-4H3,(H,19,20);1H/t11-,12-;/m0./s1. The van der Waals surface area contributed by atoms with Crippen LogP contribution in [0.3, 0.4) is 0 Å². The average Bonchev–Trinajstić information content (AvgIpc) is 2.58. The number of carbonyl (C=O) groups is 1. The van der Waals surface area contributed by atoms with Crippen molar-refractivity contribution in [2.75, 3.05) is 27.9 Å². The zero-order valence-electron chi connectivity index (χ0n) is 14.7. The van der Waals surface area contributed by atoms with Gasteiger partial charge >= 0.3 is 0 Å². The number of ether oxygens (including phenoxy) is 3. The molecule has 1 aliphatic rings. The molecule has 1 fully saturated rings. The monoisotopic (exact) mass is 358 g/mol. The van der Waals surface area contributed by atoms with Gasteiger partial charge in [0.25, 0.3) is 0 Å². The van der Waals surface area contributed by atoms with E-state index in [1.807, 2.05) is 0 Å². The summed E-state index contributed by atoms with van der Waals surface area (Å²) in [5, 5.41) is 6.36. The Morgan fingerprint density at radius 3 is 2.33 bits per heavy atom. The molecule has 0 bridgehead atoms. The van der Waals surface area contributed by atoms with Crippen LogP contribution in [0.15, 0.2) is 12.1 Å². The molecule has 1 aromatic carbocycles. The lowest BCUT2D eigenvalue weighted by Crippen LogP contribution is -2.42. The Bertz CT molecular complexity index is 528. The highest BCUT2D eigenvalue weighted by Crippen LogP contribution is 2.34. The van der Waals surface area contributed by atoms with Crippen molar-refractivity contribution in [1.82, 2.24) is 10.6 Å². The van der Waals surface area contributed by atoms with E-state index in [2.05, 4.69) is 17.6 Å². The second-order valence-corrected chi connectivity index (χ2v) is 5.80. The van der Waals surface area contributed by atoms with E-state index in [1.165, 1.54) is 0 Å². The third-order valence-corrected chi connectivity index (χ3v) is 4.25. The van der Waals surface area contributed by atoms with Crippen molar-refractivity contribution in [2.24, 2.45) is 5.92 Å². The lowest BCUT2D eigenvalue weighted by atomic mass is 9.92. The van der Waals surface area contributed by atoms with E-state index < -0.39 is 0 Å². The zero-order valence-corrected chi connectivity index (χ0v) is 15.5. The maximum Gasteiger partial charge on any atom is 0.223 e. The van der Waals surface area contributed by atoms with E-state index in [4.69, 9.17) is 14.2 Å². The van der Waals surface area contributed by atoms with Gasteiger partial charge < -0.3 is 24.8 Å². The van der Waals surface area contributed by atoms with Gasteiger partial charge in [-0.2, -0.15) is 0 Å². The summed E-state index contributed by atoms with van der Waals surface area (Å²) >= 11 is 0. The quantitative estimate of drug-likeness (QED) is 0.815. The van der Waals surface area contributed by atoms with Gasteiger partial charge in [0.2, 0.25) is 5.91 Å². The number of nitrogens with one attached hydrogen (secondary N) is 2. The maximum atomic E-state index is 12.4. The first-order chi connectivity index (χ1) is 11.1. The molecule has 1 heterocycles. The van der Waals surface area contributed by atoms with Crippen LogP contribution in [0.4, 0.5) is 0 Å². The zero-order chi connectivity index (χ0) is 16.8. The SMILES string of the molecule is COc1cc(OC)c(CNC(=O)[C@H]2CCN[C@@H](C)C2)c(OC)c1.Cl. The Labute approximate surface area is 149 Å². The molecule has 24 heavy (non-hydrogen) atoms. The number of hydrogen-bond acceptors (Lipinski definition) is 5. The summed E-state index contributed by atoms with van der Waals surface area (Å²) in [7, 11) is 4.77. The van der Waals surface area contributed by atoms with Crippen LogP contribution in [0.2, 0.25) is 0 Å². The summed E-state index contributed by atoms with van der Waals surface area (Å²) in [5.74, 6) is 2.07. The van der Waals surface area contributed by atoms with Crippen LogP contribution >= 0.6 is 12.4 Å². The Hall–Kier alpha value is -1.66.